The van der Waals surface area contributed by atoms with Gasteiger partial charge in [-0.3, -0.25) is 14.4 Å². The van der Waals surface area contributed by atoms with Gasteiger partial charge in [-0.25, -0.2) is 9.36 Å². The fourth-order valence-electron chi connectivity index (χ4n) is 2.37. The summed E-state index contributed by atoms with van der Waals surface area (Å²) in [5.74, 6) is -0.367. The molecule has 0 spiro atoms. The lowest BCUT2D eigenvalue weighted by molar-refractivity contribution is -0.121. The van der Waals surface area contributed by atoms with Gasteiger partial charge in [0.25, 0.3) is 11.1 Å². The minimum absolute atomic E-state index is 0.198. The molecule has 1 N–H and O–H groups in total. The average molecular weight is 351 g/mol. The van der Waals surface area contributed by atoms with Crippen molar-refractivity contribution in [3.8, 4) is 11.3 Å². The molecule has 3 aromatic rings. The highest BCUT2D eigenvalue weighted by Gasteiger charge is 2.08. The summed E-state index contributed by atoms with van der Waals surface area (Å²) in [6.45, 7) is 0.275. The van der Waals surface area contributed by atoms with Gasteiger partial charge in [-0.05, 0) is 12.1 Å². The van der Waals surface area contributed by atoms with Gasteiger partial charge < -0.3 is 5.32 Å². The number of hydrogen-bond acceptors (Lipinski definition) is 5. The molecule has 0 atom stereocenters. The first-order valence-electron chi connectivity index (χ1n) is 8.06. The van der Waals surface area contributed by atoms with E-state index in [0.29, 0.717) is 5.69 Å². The van der Waals surface area contributed by atoms with Crippen LogP contribution in [0.2, 0.25) is 0 Å². The quantitative estimate of drug-likeness (QED) is 0.688. The molecule has 0 unspecified atom stereocenters. The second-order valence-corrected chi connectivity index (χ2v) is 5.52. The predicted molar refractivity (Wildman–Crippen MR) is 95.4 cm³/mol. The molecule has 8 heteroatoms. The smallest absolute Gasteiger partial charge is 0.267 e. The monoisotopic (exact) mass is 351 g/mol. The maximum absolute atomic E-state index is 12.1. The van der Waals surface area contributed by atoms with Gasteiger partial charge >= 0.3 is 0 Å². The summed E-state index contributed by atoms with van der Waals surface area (Å²) in [5, 5.41) is 10.8. The van der Waals surface area contributed by atoms with Gasteiger partial charge in [0.05, 0.1) is 12.2 Å². The third kappa shape index (κ3) is 4.29. The number of benzene rings is 1. The molecule has 0 aliphatic carbocycles. The van der Waals surface area contributed by atoms with E-state index in [4.69, 9.17) is 0 Å². The molecule has 132 valence electrons. The summed E-state index contributed by atoms with van der Waals surface area (Å²) in [6, 6.07) is 15.3. The van der Waals surface area contributed by atoms with Gasteiger partial charge in [0.1, 0.15) is 6.54 Å². The van der Waals surface area contributed by atoms with E-state index < -0.39 is 0 Å². The molecule has 0 aliphatic heterocycles. The lowest BCUT2D eigenvalue weighted by Gasteiger charge is -2.09. The Hall–Kier alpha value is -3.55. The Morgan fingerprint density at radius 3 is 2.46 bits per heavy atom. The van der Waals surface area contributed by atoms with Crippen molar-refractivity contribution in [3.63, 3.8) is 0 Å². The summed E-state index contributed by atoms with van der Waals surface area (Å²) in [5.41, 5.74) is 0.866. The maximum Gasteiger partial charge on any atom is 0.267 e. The molecule has 0 bridgehead atoms. The van der Waals surface area contributed by atoms with Crippen molar-refractivity contribution in [2.45, 2.75) is 13.1 Å². The topological polar surface area (TPSA) is 98.9 Å². The highest BCUT2D eigenvalue weighted by molar-refractivity contribution is 5.75. The lowest BCUT2D eigenvalue weighted by atomic mass is 10.1. The van der Waals surface area contributed by atoms with E-state index in [2.05, 4.69) is 15.5 Å². The molecule has 2 heterocycles. The first-order chi connectivity index (χ1) is 12.6. The van der Waals surface area contributed by atoms with Gasteiger partial charge in [0.2, 0.25) is 5.91 Å². The molecule has 2 aromatic heterocycles. The zero-order valence-electron chi connectivity index (χ0n) is 13.9. The SMILES string of the molecule is O=C(Cn1nc(-c2ccccc2)ccc1=O)NCCn1ncccc1=O. The zero-order valence-corrected chi connectivity index (χ0v) is 13.9. The molecule has 0 aliphatic rings. The fraction of sp³-hybridized carbons (Fsp3) is 0.167. The van der Waals surface area contributed by atoms with Crippen molar-refractivity contribution >= 4 is 5.91 Å². The summed E-state index contributed by atoms with van der Waals surface area (Å²) < 4.78 is 2.37. The summed E-state index contributed by atoms with van der Waals surface area (Å²) in [4.78, 5) is 35.5. The van der Waals surface area contributed by atoms with Crippen molar-refractivity contribution < 1.29 is 4.79 Å². The van der Waals surface area contributed by atoms with Gasteiger partial charge in [-0.15, -0.1) is 0 Å². The standard InChI is InChI=1S/C18H17N5O3/c24-16(19-11-12-22-17(25)7-4-10-20-22)13-23-18(26)9-8-15(21-23)14-5-2-1-3-6-14/h1-10H,11-13H2,(H,19,24). The van der Waals surface area contributed by atoms with Crippen molar-refractivity contribution in [2.75, 3.05) is 6.54 Å². The van der Waals surface area contributed by atoms with E-state index in [1.165, 1.54) is 23.0 Å². The van der Waals surface area contributed by atoms with Crippen LogP contribution in [0.1, 0.15) is 0 Å². The Bertz CT molecular complexity index is 1010. The molecule has 1 amide bonds. The van der Waals surface area contributed by atoms with Crippen LogP contribution in [0, 0.1) is 0 Å². The molecule has 3 rings (SSSR count). The molecule has 0 saturated carbocycles. The molecular formula is C18H17N5O3. The maximum atomic E-state index is 12.1. The Morgan fingerprint density at radius 1 is 0.923 bits per heavy atom. The van der Waals surface area contributed by atoms with Crippen molar-refractivity contribution in [1.82, 2.24) is 24.9 Å². The van der Waals surface area contributed by atoms with Crippen LogP contribution in [0.25, 0.3) is 11.3 Å². The third-order valence-corrected chi connectivity index (χ3v) is 3.66. The zero-order chi connectivity index (χ0) is 18.4. The number of amides is 1. The summed E-state index contributed by atoms with van der Waals surface area (Å²) >= 11 is 0. The number of nitrogens with zero attached hydrogens (tertiary/aromatic N) is 4. The van der Waals surface area contributed by atoms with Gasteiger partial charge in [-0.2, -0.15) is 10.2 Å². The van der Waals surface area contributed by atoms with Gasteiger partial charge in [-0.1, -0.05) is 30.3 Å². The minimum atomic E-state index is -0.367. The van der Waals surface area contributed by atoms with Crippen LogP contribution >= 0.6 is 0 Å². The number of carbonyl (C=O) groups excluding carboxylic acids is 1. The van der Waals surface area contributed by atoms with E-state index >= 15 is 0 Å². The third-order valence-electron chi connectivity index (χ3n) is 3.66. The second-order valence-electron chi connectivity index (χ2n) is 5.52. The minimum Gasteiger partial charge on any atom is -0.353 e. The van der Waals surface area contributed by atoms with Crippen LogP contribution in [0.3, 0.4) is 0 Å². The summed E-state index contributed by atoms with van der Waals surface area (Å²) in [6.07, 6.45) is 1.50. The summed E-state index contributed by atoms with van der Waals surface area (Å²) in [7, 11) is 0. The lowest BCUT2D eigenvalue weighted by Crippen LogP contribution is -2.36. The molecule has 0 radical (unpaired) electrons. The molecule has 1 aromatic carbocycles. The van der Waals surface area contributed by atoms with Crippen LogP contribution < -0.4 is 16.4 Å². The van der Waals surface area contributed by atoms with Crippen LogP contribution in [0.15, 0.2) is 70.4 Å². The average Bonchev–Trinajstić information content (AvgIpc) is 2.66. The van der Waals surface area contributed by atoms with Gasteiger partial charge in [0.15, 0.2) is 0 Å². The Labute approximate surface area is 148 Å². The van der Waals surface area contributed by atoms with Crippen molar-refractivity contribution in [1.29, 1.82) is 0 Å². The van der Waals surface area contributed by atoms with E-state index in [-0.39, 0.29) is 36.7 Å². The Balaban J connectivity index is 1.63. The van der Waals surface area contributed by atoms with E-state index in [9.17, 15) is 14.4 Å². The predicted octanol–water partition coefficient (Wildman–Crippen LogP) is 0.283. The molecule has 0 fully saturated rings. The van der Waals surface area contributed by atoms with E-state index in [1.54, 1.807) is 12.1 Å². The van der Waals surface area contributed by atoms with Gasteiger partial charge in [0, 0.05) is 30.4 Å². The molecule has 8 nitrogen and oxygen atoms in total. The molecule has 26 heavy (non-hydrogen) atoms. The largest absolute Gasteiger partial charge is 0.353 e. The van der Waals surface area contributed by atoms with Crippen LogP contribution in [-0.2, 0) is 17.9 Å². The first kappa shape index (κ1) is 17.3. The highest BCUT2D eigenvalue weighted by atomic mass is 16.2. The second kappa shape index (κ2) is 8.02. The molecular weight excluding hydrogens is 334 g/mol. The highest BCUT2D eigenvalue weighted by Crippen LogP contribution is 2.13. The molecule has 0 saturated heterocycles. The van der Waals surface area contributed by atoms with Crippen molar-refractivity contribution in [3.05, 3.63) is 81.5 Å². The van der Waals surface area contributed by atoms with Crippen LogP contribution in [0.5, 0.6) is 0 Å². The van der Waals surface area contributed by atoms with E-state index in [1.807, 2.05) is 30.3 Å². The number of nitrogens with one attached hydrogen (secondary N) is 1. The normalized spacial score (nSPS) is 10.5. The van der Waals surface area contributed by atoms with Crippen molar-refractivity contribution in [2.24, 2.45) is 0 Å². The van der Waals surface area contributed by atoms with E-state index in [0.717, 1.165) is 10.2 Å². The van der Waals surface area contributed by atoms with Crippen LogP contribution in [-0.4, -0.2) is 32.0 Å². The first-order valence-corrected chi connectivity index (χ1v) is 8.06. The Kier molecular flexibility index (Phi) is 5.33. The number of aromatic nitrogens is 4. The number of rotatable bonds is 6. The van der Waals surface area contributed by atoms with Crippen LogP contribution in [0.4, 0.5) is 0 Å². The Morgan fingerprint density at radius 2 is 1.69 bits per heavy atom. The number of carbonyl (C=O) groups is 1. The fourth-order valence-corrected chi connectivity index (χ4v) is 2.37. The number of hydrogen-bond donors (Lipinski definition) is 1.